The molecule has 10 aromatic rings. The van der Waals surface area contributed by atoms with Gasteiger partial charge in [0.15, 0.2) is 0 Å². The lowest BCUT2D eigenvalue weighted by Gasteiger charge is -2.18. The van der Waals surface area contributed by atoms with Gasteiger partial charge < -0.3 is 8.83 Å². The van der Waals surface area contributed by atoms with Crippen LogP contribution in [0.1, 0.15) is 26.3 Å². The van der Waals surface area contributed by atoms with Gasteiger partial charge in [-0.15, -0.1) is 0 Å². The molecule has 0 aliphatic rings. The van der Waals surface area contributed by atoms with Crippen LogP contribution in [0.3, 0.4) is 0 Å². The van der Waals surface area contributed by atoms with Gasteiger partial charge in [0.2, 0.25) is 0 Å². The van der Waals surface area contributed by atoms with Crippen LogP contribution >= 0.6 is 0 Å². The first-order valence-electron chi connectivity index (χ1n) is 17.3. The van der Waals surface area contributed by atoms with Crippen molar-refractivity contribution >= 4 is 65.2 Å². The Morgan fingerprint density at radius 1 is 0.380 bits per heavy atom. The van der Waals surface area contributed by atoms with E-state index in [2.05, 4.69) is 160 Å². The third kappa shape index (κ3) is 4.42. The number of benzene rings is 8. The van der Waals surface area contributed by atoms with E-state index in [9.17, 15) is 0 Å². The first-order chi connectivity index (χ1) is 24.4. The molecule has 0 bridgehead atoms. The molecule has 2 aromatic heterocycles. The number of furan rings is 2. The number of para-hydroxylation sites is 2. The zero-order valence-corrected chi connectivity index (χ0v) is 28.3. The molecule has 0 fully saturated rings. The summed E-state index contributed by atoms with van der Waals surface area (Å²) in [4.78, 5) is 0. The summed E-state index contributed by atoms with van der Waals surface area (Å²) in [6.07, 6.45) is 0. The Bertz CT molecular complexity index is 2870. The molecule has 238 valence electrons. The van der Waals surface area contributed by atoms with Crippen molar-refractivity contribution in [2.45, 2.75) is 26.2 Å². The summed E-state index contributed by atoms with van der Waals surface area (Å²) in [5.41, 5.74) is 9.96. The van der Waals surface area contributed by atoms with Crippen LogP contribution in [0.2, 0.25) is 0 Å². The average Bonchev–Trinajstić information content (AvgIpc) is 3.74. The van der Waals surface area contributed by atoms with Crippen molar-refractivity contribution in [2.75, 3.05) is 0 Å². The summed E-state index contributed by atoms with van der Waals surface area (Å²) in [5.74, 6) is 0.895. The summed E-state index contributed by atoms with van der Waals surface area (Å²) in [5, 5.41) is 10.7. The number of hydrogen-bond donors (Lipinski definition) is 0. The topological polar surface area (TPSA) is 26.3 Å². The highest BCUT2D eigenvalue weighted by molar-refractivity contribution is 6.21. The molecule has 0 unspecified atom stereocenters. The normalized spacial score (nSPS) is 12.3. The van der Waals surface area contributed by atoms with Crippen LogP contribution in [-0.4, -0.2) is 0 Å². The Hall–Kier alpha value is -6.12. The van der Waals surface area contributed by atoms with Gasteiger partial charge in [0.25, 0.3) is 0 Å². The minimum Gasteiger partial charge on any atom is -0.456 e. The molecule has 0 amide bonds. The molecular weight excluding hydrogens is 609 g/mol. The van der Waals surface area contributed by atoms with Crippen LogP contribution in [-0.2, 0) is 5.41 Å². The second-order valence-corrected chi connectivity index (χ2v) is 14.5. The fraction of sp³-hybridized carbons (Fsp3) is 0.0833. The molecule has 2 nitrogen and oxygen atoms in total. The third-order valence-electron chi connectivity index (χ3n) is 10.4. The Kier molecular flexibility index (Phi) is 6.17. The SMILES string of the molecule is CC(C)(C)c1cccc2c1oc1cc(-c3ccc4cc(-c5c6ccccc6c(-c6cc7ccccc7o6)c6ccccc56)ccc4c3)ccc12. The average molecular weight is 643 g/mol. The van der Waals surface area contributed by atoms with Crippen molar-refractivity contribution in [3.63, 3.8) is 0 Å². The van der Waals surface area contributed by atoms with Crippen LogP contribution in [0.25, 0.3) is 98.8 Å². The zero-order chi connectivity index (χ0) is 33.6. The lowest BCUT2D eigenvalue weighted by atomic mass is 9.86. The van der Waals surface area contributed by atoms with Gasteiger partial charge in [-0.3, -0.25) is 0 Å². The first-order valence-corrected chi connectivity index (χ1v) is 17.3. The molecule has 0 saturated heterocycles. The van der Waals surface area contributed by atoms with E-state index in [1.165, 1.54) is 60.0 Å². The van der Waals surface area contributed by atoms with Crippen LogP contribution in [0, 0.1) is 0 Å². The predicted molar refractivity (Wildman–Crippen MR) is 211 cm³/mol. The number of rotatable bonds is 3. The van der Waals surface area contributed by atoms with Gasteiger partial charge in [0.05, 0.1) is 0 Å². The van der Waals surface area contributed by atoms with E-state index in [0.717, 1.165) is 44.4 Å². The van der Waals surface area contributed by atoms with Crippen LogP contribution in [0.5, 0.6) is 0 Å². The van der Waals surface area contributed by atoms with E-state index >= 15 is 0 Å². The lowest BCUT2D eigenvalue weighted by molar-refractivity contribution is 0.573. The zero-order valence-electron chi connectivity index (χ0n) is 28.3. The van der Waals surface area contributed by atoms with Crippen molar-refractivity contribution < 1.29 is 8.83 Å². The second-order valence-electron chi connectivity index (χ2n) is 14.5. The standard InChI is InChI=1S/C48H34O2/c1-48(2,3)41-17-10-16-40-35-24-23-32(27-43(35)50-47(40)41)30-19-20-31-26-34(22-21-29(31)25-30)45-36-12-5-7-14-38(36)46(39-15-8-6-13-37(39)45)44-28-33-11-4-9-18-42(33)49-44/h4-28H,1-3H3. The van der Waals surface area contributed by atoms with E-state index in [1.807, 2.05) is 12.1 Å². The van der Waals surface area contributed by atoms with Gasteiger partial charge in [0.1, 0.15) is 22.5 Å². The first kappa shape index (κ1) is 28.9. The predicted octanol–water partition coefficient (Wildman–Crippen LogP) is 14.1. The maximum absolute atomic E-state index is 6.54. The van der Waals surface area contributed by atoms with Gasteiger partial charge in [-0.25, -0.2) is 0 Å². The van der Waals surface area contributed by atoms with Crippen LogP contribution in [0.15, 0.2) is 160 Å². The Labute approximate surface area is 290 Å². The van der Waals surface area contributed by atoms with Crippen molar-refractivity contribution in [1.82, 2.24) is 0 Å². The minimum absolute atomic E-state index is 0.00256. The molecule has 0 aliphatic heterocycles. The smallest absolute Gasteiger partial charge is 0.139 e. The van der Waals surface area contributed by atoms with E-state index in [4.69, 9.17) is 8.83 Å². The lowest BCUT2D eigenvalue weighted by Crippen LogP contribution is -2.10. The Balaban J connectivity index is 1.10. The summed E-state index contributed by atoms with van der Waals surface area (Å²) in [6, 6.07) is 54.7. The van der Waals surface area contributed by atoms with Crippen molar-refractivity contribution in [2.24, 2.45) is 0 Å². The molecule has 2 heterocycles. The van der Waals surface area contributed by atoms with Gasteiger partial charge in [-0.2, -0.15) is 0 Å². The van der Waals surface area contributed by atoms with Gasteiger partial charge in [0, 0.05) is 27.3 Å². The summed E-state index contributed by atoms with van der Waals surface area (Å²) < 4.78 is 13.0. The molecule has 10 rings (SSSR count). The Morgan fingerprint density at radius 3 is 1.66 bits per heavy atom. The summed E-state index contributed by atoms with van der Waals surface area (Å²) in [7, 11) is 0. The van der Waals surface area contributed by atoms with Crippen molar-refractivity contribution in [3.05, 3.63) is 157 Å². The Morgan fingerprint density at radius 2 is 0.960 bits per heavy atom. The quantitative estimate of drug-likeness (QED) is 0.179. The molecule has 0 atom stereocenters. The fourth-order valence-electron chi connectivity index (χ4n) is 7.96. The molecule has 0 saturated carbocycles. The summed E-state index contributed by atoms with van der Waals surface area (Å²) >= 11 is 0. The molecular formula is C48H34O2. The number of fused-ring (bicyclic) bond motifs is 7. The van der Waals surface area contributed by atoms with E-state index in [-0.39, 0.29) is 5.41 Å². The van der Waals surface area contributed by atoms with E-state index in [1.54, 1.807) is 0 Å². The highest BCUT2D eigenvalue weighted by Gasteiger charge is 2.21. The maximum Gasteiger partial charge on any atom is 0.139 e. The molecule has 8 aromatic carbocycles. The van der Waals surface area contributed by atoms with Gasteiger partial charge >= 0.3 is 0 Å². The molecule has 0 radical (unpaired) electrons. The second kappa shape index (κ2) is 10.7. The van der Waals surface area contributed by atoms with E-state index in [0.29, 0.717) is 0 Å². The highest BCUT2D eigenvalue weighted by Crippen LogP contribution is 2.45. The largest absolute Gasteiger partial charge is 0.456 e. The van der Waals surface area contributed by atoms with E-state index < -0.39 is 0 Å². The number of hydrogen-bond acceptors (Lipinski definition) is 2. The molecule has 0 aliphatic carbocycles. The molecule has 2 heteroatoms. The maximum atomic E-state index is 6.54. The van der Waals surface area contributed by atoms with Gasteiger partial charge in [-0.1, -0.05) is 136 Å². The fourth-order valence-corrected chi connectivity index (χ4v) is 7.96. The monoisotopic (exact) mass is 642 g/mol. The highest BCUT2D eigenvalue weighted by atomic mass is 16.3. The molecule has 50 heavy (non-hydrogen) atoms. The van der Waals surface area contributed by atoms with Gasteiger partial charge in [-0.05, 0) is 96.4 Å². The third-order valence-corrected chi connectivity index (χ3v) is 10.4. The molecule has 0 spiro atoms. The summed E-state index contributed by atoms with van der Waals surface area (Å²) in [6.45, 7) is 6.72. The minimum atomic E-state index is 0.00256. The van der Waals surface area contributed by atoms with Crippen molar-refractivity contribution in [1.29, 1.82) is 0 Å². The van der Waals surface area contributed by atoms with Crippen LogP contribution in [0.4, 0.5) is 0 Å². The van der Waals surface area contributed by atoms with Crippen LogP contribution < -0.4 is 0 Å². The molecule has 0 N–H and O–H groups in total. The van der Waals surface area contributed by atoms with Crippen molar-refractivity contribution in [3.8, 4) is 33.6 Å².